The van der Waals surface area contributed by atoms with Crippen molar-refractivity contribution in [2.24, 2.45) is 0 Å². The molecule has 6 heteroatoms. The highest BCUT2D eigenvalue weighted by Crippen LogP contribution is 2.15. The summed E-state index contributed by atoms with van der Waals surface area (Å²) in [6, 6.07) is 7.76. The lowest BCUT2D eigenvalue weighted by Crippen LogP contribution is -2.08. The smallest absolute Gasteiger partial charge is 0.119 e. The molecule has 0 aliphatic heterocycles. The summed E-state index contributed by atoms with van der Waals surface area (Å²) in [7, 11) is 0. The first kappa shape index (κ1) is 14.3. The van der Waals surface area contributed by atoms with E-state index in [0.29, 0.717) is 19.0 Å². The monoisotopic (exact) mass is 343 g/mol. The van der Waals surface area contributed by atoms with Crippen LogP contribution in [0.1, 0.15) is 12.1 Å². The van der Waals surface area contributed by atoms with E-state index >= 15 is 0 Å². The normalized spacial score (nSPS) is 10.6. The number of hydrogen-bond acceptors (Lipinski definition) is 3. The fraction of sp³-hybridized carbons (Fsp3) is 0.385. The Balaban J connectivity index is 1.76. The van der Waals surface area contributed by atoms with Crippen LogP contribution in [0.25, 0.3) is 0 Å². The average molecular weight is 345 g/mol. The Bertz CT molecular complexity index is 501. The maximum atomic E-state index is 5.64. The molecule has 0 atom stereocenters. The zero-order valence-corrected chi connectivity index (χ0v) is 12.8. The number of rotatable bonds is 7. The van der Waals surface area contributed by atoms with Crippen molar-refractivity contribution in [3.8, 4) is 5.75 Å². The largest absolute Gasteiger partial charge is 0.492 e. The van der Waals surface area contributed by atoms with E-state index in [1.54, 1.807) is 4.68 Å². The number of halogens is 2. The average Bonchev–Trinajstić information content (AvgIpc) is 2.87. The predicted octanol–water partition coefficient (Wildman–Crippen LogP) is 3.29. The lowest BCUT2D eigenvalue weighted by molar-refractivity contribution is 0.289. The van der Waals surface area contributed by atoms with Crippen LogP contribution in [-0.4, -0.2) is 27.5 Å². The first-order valence-corrected chi connectivity index (χ1v) is 7.44. The van der Waals surface area contributed by atoms with Gasteiger partial charge < -0.3 is 4.74 Å². The summed E-state index contributed by atoms with van der Waals surface area (Å²) in [5.74, 6) is 1.50. The molecule has 0 amide bonds. The van der Waals surface area contributed by atoms with Crippen LogP contribution >= 0.6 is 27.5 Å². The van der Waals surface area contributed by atoms with Gasteiger partial charge in [0.2, 0.25) is 0 Å². The minimum absolute atomic E-state index is 0.569. The number of aromatic nitrogens is 3. The van der Waals surface area contributed by atoms with E-state index in [1.165, 1.54) is 0 Å². The molecule has 102 valence electrons. The molecule has 0 spiro atoms. The summed E-state index contributed by atoms with van der Waals surface area (Å²) in [5.41, 5.74) is 0.976. The zero-order valence-electron chi connectivity index (χ0n) is 10.4. The molecule has 1 heterocycles. The minimum Gasteiger partial charge on any atom is -0.492 e. The number of aryl methyl sites for hydroxylation is 1. The van der Waals surface area contributed by atoms with Crippen LogP contribution in [-0.2, 0) is 13.0 Å². The van der Waals surface area contributed by atoms with Crippen LogP contribution in [0, 0.1) is 0 Å². The van der Waals surface area contributed by atoms with E-state index < -0.39 is 0 Å². The molecule has 1 aromatic heterocycles. The lowest BCUT2D eigenvalue weighted by atomic mass is 10.3. The van der Waals surface area contributed by atoms with E-state index in [-0.39, 0.29) is 0 Å². The van der Waals surface area contributed by atoms with Gasteiger partial charge in [-0.05, 0) is 37.1 Å². The zero-order chi connectivity index (χ0) is 13.5. The van der Waals surface area contributed by atoms with Crippen molar-refractivity contribution in [1.29, 1.82) is 0 Å². The Labute approximate surface area is 125 Å². The fourth-order valence-corrected chi connectivity index (χ4v) is 2.00. The molecule has 2 rings (SSSR count). The van der Waals surface area contributed by atoms with Gasteiger partial charge in [-0.1, -0.05) is 21.1 Å². The van der Waals surface area contributed by atoms with Gasteiger partial charge in [0, 0.05) is 16.5 Å². The highest BCUT2D eigenvalue weighted by molar-refractivity contribution is 9.10. The molecule has 2 aromatic rings. The van der Waals surface area contributed by atoms with Crippen molar-refractivity contribution in [3.63, 3.8) is 0 Å². The summed E-state index contributed by atoms with van der Waals surface area (Å²) in [5, 5.41) is 8.13. The van der Waals surface area contributed by atoms with E-state index in [9.17, 15) is 0 Å². The summed E-state index contributed by atoms with van der Waals surface area (Å²) >= 11 is 9.03. The van der Waals surface area contributed by atoms with Crippen molar-refractivity contribution >= 4 is 27.5 Å². The van der Waals surface area contributed by atoms with Crippen molar-refractivity contribution in [3.05, 3.63) is 40.6 Å². The molecular formula is C13H15BrClN3O. The van der Waals surface area contributed by atoms with Crippen LogP contribution in [0.4, 0.5) is 0 Å². The molecule has 0 saturated carbocycles. The number of alkyl halides is 1. The quantitative estimate of drug-likeness (QED) is 0.724. The Morgan fingerprint density at radius 3 is 2.79 bits per heavy atom. The Morgan fingerprint density at radius 2 is 2.05 bits per heavy atom. The third kappa shape index (κ3) is 4.84. The maximum Gasteiger partial charge on any atom is 0.119 e. The number of ether oxygens (including phenoxy) is 1. The van der Waals surface area contributed by atoms with Gasteiger partial charge in [-0.2, -0.15) is 0 Å². The first-order chi connectivity index (χ1) is 9.28. The Kier molecular flexibility index (Phi) is 5.66. The van der Waals surface area contributed by atoms with Gasteiger partial charge in [0.05, 0.1) is 12.2 Å². The summed E-state index contributed by atoms with van der Waals surface area (Å²) in [6.07, 6.45) is 3.74. The molecule has 4 nitrogen and oxygen atoms in total. The third-order valence-corrected chi connectivity index (χ3v) is 3.35. The van der Waals surface area contributed by atoms with Gasteiger partial charge in [0.25, 0.3) is 0 Å². The van der Waals surface area contributed by atoms with Gasteiger partial charge in [0.1, 0.15) is 12.4 Å². The highest BCUT2D eigenvalue weighted by Gasteiger charge is 2.01. The van der Waals surface area contributed by atoms with Gasteiger partial charge in [0.15, 0.2) is 0 Å². The highest BCUT2D eigenvalue weighted by atomic mass is 79.9. The summed E-state index contributed by atoms with van der Waals surface area (Å²) in [4.78, 5) is 0. The van der Waals surface area contributed by atoms with Crippen molar-refractivity contribution in [2.45, 2.75) is 19.4 Å². The topological polar surface area (TPSA) is 39.9 Å². The summed E-state index contributed by atoms with van der Waals surface area (Å²) in [6.45, 7) is 1.25. The molecule has 19 heavy (non-hydrogen) atoms. The fourth-order valence-electron chi connectivity index (χ4n) is 1.60. The predicted molar refractivity (Wildman–Crippen MR) is 78.7 cm³/mol. The second-order valence-corrected chi connectivity index (χ2v) is 5.36. The molecule has 0 radical (unpaired) electrons. The second kappa shape index (κ2) is 7.50. The number of hydrogen-bond donors (Lipinski definition) is 0. The molecule has 0 aliphatic carbocycles. The second-order valence-electron chi connectivity index (χ2n) is 4.07. The Hall–Kier alpha value is -1.07. The van der Waals surface area contributed by atoms with Crippen LogP contribution in [0.3, 0.4) is 0 Å². The van der Waals surface area contributed by atoms with E-state index in [1.807, 2.05) is 30.5 Å². The van der Waals surface area contributed by atoms with Crippen molar-refractivity contribution in [2.75, 3.05) is 12.5 Å². The van der Waals surface area contributed by atoms with Crippen LogP contribution in [0.2, 0.25) is 0 Å². The number of benzene rings is 1. The minimum atomic E-state index is 0.569. The number of nitrogens with zero attached hydrogens (tertiary/aromatic N) is 3. The molecule has 1 aromatic carbocycles. The first-order valence-electron chi connectivity index (χ1n) is 6.11. The molecule has 0 bridgehead atoms. The molecule has 0 saturated heterocycles. The molecule has 0 aliphatic rings. The Morgan fingerprint density at radius 1 is 1.26 bits per heavy atom. The van der Waals surface area contributed by atoms with E-state index in [4.69, 9.17) is 16.3 Å². The van der Waals surface area contributed by atoms with E-state index in [2.05, 4.69) is 26.2 Å². The molecule has 0 fully saturated rings. The van der Waals surface area contributed by atoms with E-state index in [0.717, 1.165) is 28.8 Å². The maximum absolute atomic E-state index is 5.64. The van der Waals surface area contributed by atoms with Gasteiger partial charge in [-0.15, -0.1) is 16.7 Å². The van der Waals surface area contributed by atoms with Crippen LogP contribution in [0.15, 0.2) is 34.9 Å². The van der Waals surface area contributed by atoms with Crippen LogP contribution in [0.5, 0.6) is 5.75 Å². The molecular weight excluding hydrogens is 330 g/mol. The molecule has 0 unspecified atom stereocenters. The van der Waals surface area contributed by atoms with Gasteiger partial charge in [-0.3, -0.25) is 0 Å². The standard InChI is InChI=1S/C13H15BrClN3O/c14-11-3-5-13(6-4-11)19-9-8-18-10-12(16-17-18)2-1-7-15/h3-6,10H,1-2,7-9H2. The van der Waals surface area contributed by atoms with Crippen LogP contribution < -0.4 is 4.74 Å². The third-order valence-electron chi connectivity index (χ3n) is 2.56. The SMILES string of the molecule is ClCCCc1cn(CCOc2ccc(Br)cc2)nn1. The van der Waals surface area contributed by atoms with Gasteiger partial charge in [-0.25, -0.2) is 4.68 Å². The van der Waals surface area contributed by atoms with Gasteiger partial charge >= 0.3 is 0 Å². The lowest BCUT2D eigenvalue weighted by Gasteiger charge is -2.05. The summed E-state index contributed by atoms with van der Waals surface area (Å²) < 4.78 is 8.46. The molecule has 0 N–H and O–H groups in total. The van der Waals surface area contributed by atoms with Crippen molar-refractivity contribution in [1.82, 2.24) is 15.0 Å². The van der Waals surface area contributed by atoms with Crippen molar-refractivity contribution < 1.29 is 4.74 Å².